The number of benzene rings is 4. The van der Waals surface area contributed by atoms with E-state index in [-0.39, 0.29) is 0 Å². The molecule has 0 aliphatic rings. The van der Waals surface area contributed by atoms with Crippen molar-refractivity contribution >= 4 is 43.8 Å². The molecule has 0 saturated heterocycles. The zero-order valence-corrected chi connectivity index (χ0v) is 21.7. The highest BCUT2D eigenvalue weighted by molar-refractivity contribution is 9.10. The molecule has 0 bridgehead atoms. The smallest absolute Gasteiger partial charge is 0.344 e. The second-order valence-corrected chi connectivity index (χ2v) is 9.40. The SMILES string of the molecule is COc1cccc2cc(-c3cc(=O)oc4cc(-c5ccccc5)c(OC(=O)c5ccccc5Br)cc34)oc12. The Hall–Kier alpha value is -4.62. The fourth-order valence-corrected chi connectivity index (χ4v) is 4.88. The van der Waals surface area contributed by atoms with Crippen molar-refractivity contribution in [3.63, 3.8) is 0 Å². The monoisotopic (exact) mass is 566 g/mol. The molecule has 0 radical (unpaired) electrons. The van der Waals surface area contributed by atoms with Gasteiger partial charge in [-0.15, -0.1) is 0 Å². The third kappa shape index (κ3) is 4.27. The van der Waals surface area contributed by atoms with E-state index in [1.165, 1.54) is 6.07 Å². The maximum absolute atomic E-state index is 13.2. The Labute approximate surface area is 225 Å². The van der Waals surface area contributed by atoms with E-state index in [4.69, 9.17) is 18.3 Å². The molecule has 2 heterocycles. The number of carbonyl (C=O) groups excluding carboxylic acids is 1. The summed E-state index contributed by atoms with van der Waals surface area (Å²) in [6.45, 7) is 0. The van der Waals surface area contributed by atoms with Gasteiger partial charge in [-0.2, -0.15) is 0 Å². The molecule has 6 rings (SSSR count). The maximum atomic E-state index is 13.2. The molecule has 0 spiro atoms. The Kier molecular flexibility index (Phi) is 6.05. The van der Waals surface area contributed by atoms with Gasteiger partial charge in [0.25, 0.3) is 0 Å². The number of para-hydroxylation sites is 1. The maximum Gasteiger partial charge on any atom is 0.344 e. The van der Waals surface area contributed by atoms with Crippen molar-refractivity contribution in [3.8, 4) is 33.9 Å². The van der Waals surface area contributed by atoms with Gasteiger partial charge < -0.3 is 18.3 Å². The van der Waals surface area contributed by atoms with E-state index in [2.05, 4.69) is 15.9 Å². The van der Waals surface area contributed by atoms with Crippen LogP contribution in [0.5, 0.6) is 11.5 Å². The van der Waals surface area contributed by atoms with Gasteiger partial charge in [0.1, 0.15) is 17.1 Å². The molecule has 0 N–H and O–H groups in total. The Balaban J connectivity index is 1.57. The fraction of sp³-hybridized carbons (Fsp3) is 0.0323. The van der Waals surface area contributed by atoms with Gasteiger partial charge in [0, 0.05) is 32.4 Å². The number of hydrogen-bond acceptors (Lipinski definition) is 6. The summed E-state index contributed by atoms with van der Waals surface area (Å²) in [5.41, 5.74) is 2.66. The predicted octanol–water partition coefficient (Wildman–Crippen LogP) is 7.86. The first-order valence-electron chi connectivity index (χ1n) is 11.7. The Bertz CT molecular complexity index is 1880. The first kappa shape index (κ1) is 23.8. The van der Waals surface area contributed by atoms with Crippen LogP contribution in [0.2, 0.25) is 0 Å². The third-order valence-electron chi connectivity index (χ3n) is 6.22. The fourth-order valence-electron chi connectivity index (χ4n) is 4.43. The number of hydrogen-bond donors (Lipinski definition) is 0. The van der Waals surface area contributed by atoms with Crippen molar-refractivity contribution < 1.29 is 23.1 Å². The topological polar surface area (TPSA) is 78.9 Å². The summed E-state index contributed by atoms with van der Waals surface area (Å²) < 4.78 is 23.7. The average molecular weight is 567 g/mol. The van der Waals surface area contributed by atoms with Crippen LogP contribution in [0.25, 0.3) is 44.4 Å². The summed E-state index contributed by atoms with van der Waals surface area (Å²) in [5.74, 6) is 0.822. The largest absolute Gasteiger partial charge is 0.493 e. The third-order valence-corrected chi connectivity index (χ3v) is 6.91. The minimum Gasteiger partial charge on any atom is -0.493 e. The number of esters is 1. The average Bonchev–Trinajstić information content (AvgIpc) is 3.37. The van der Waals surface area contributed by atoms with Gasteiger partial charge in [-0.3, -0.25) is 0 Å². The molecule has 4 aromatic carbocycles. The summed E-state index contributed by atoms with van der Waals surface area (Å²) in [5, 5.41) is 1.37. The number of furan rings is 1. The minimum absolute atomic E-state index is 0.313. The van der Waals surface area contributed by atoms with Gasteiger partial charge in [0.15, 0.2) is 11.3 Å². The highest BCUT2D eigenvalue weighted by Gasteiger charge is 2.20. The van der Waals surface area contributed by atoms with E-state index in [0.29, 0.717) is 55.0 Å². The van der Waals surface area contributed by atoms with E-state index >= 15 is 0 Å². The molecule has 6 nitrogen and oxygen atoms in total. The zero-order chi connectivity index (χ0) is 26.2. The van der Waals surface area contributed by atoms with Gasteiger partial charge in [0.05, 0.1) is 12.7 Å². The van der Waals surface area contributed by atoms with Crippen molar-refractivity contribution in [2.45, 2.75) is 0 Å². The molecule has 2 aromatic heterocycles. The lowest BCUT2D eigenvalue weighted by molar-refractivity contribution is 0.0735. The molecular weight excluding hydrogens is 548 g/mol. The summed E-state index contributed by atoms with van der Waals surface area (Å²) in [4.78, 5) is 25.8. The molecule has 0 amide bonds. The van der Waals surface area contributed by atoms with Crippen LogP contribution >= 0.6 is 15.9 Å². The van der Waals surface area contributed by atoms with Crippen LogP contribution in [-0.4, -0.2) is 13.1 Å². The number of ether oxygens (including phenoxy) is 2. The number of methoxy groups -OCH3 is 1. The second kappa shape index (κ2) is 9.68. The Morgan fingerprint density at radius 3 is 2.37 bits per heavy atom. The molecule has 38 heavy (non-hydrogen) atoms. The minimum atomic E-state index is -0.531. The highest BCUT2D eigenvalue weighted by atomic mass is 79.9. The lowest BCUT2D eigenvalue weighted by Gasteiger charge is -2.13. The van der Waals surface area contributed by atoms with Gasteiger partial charge in [-0.05, 0) is 57.9 Å². The molecule has 0 saturated carbocycles. The number of carbonyl (C=O) groups is 1. The van der Waals surface area contributed by atoms with Crippen molar-refractivity contribution in [2.24, 2.45) is 0 Å². The Morgan fingerprint density at radius 1 is 0.789 bits per heavy atom. The summed E-state index contributed by atoms with van der Waals surface area (Å²) in [7, 11) is 1.57. The van der Waals surface area contributed by atoms with E-state index < -0.39 is 11.6 Å². The van der Waals surface area contributed by atoms with E-state index in [1.54, 1.807) is 43.5 Å². The molecule has 0 aliphatic carbocycles. The predicted molar refractivity (Wildman–Crippen MR) is 149 cm³/mol. The van der Waals surface area contributed by atoms with E-state index in [9.17, 15) is 9.59 Å². The standard InChI is InChI=1S/C31H19BrO6/c1-35-25-13-7-10-19-14-26(37-30(19)25)23-17-29(33)36-28-15-21(18-8-3-2-4-9-18)27(16-22(23)28)38-31(34)20-11-5-6-12-24(20)32/h2-17H,1H3. The Morgan fingerprint density at radius 2 is 1.58 bits per heavy atom. The summed E-state index contributed by atoms with van der Waals surface area (Å²) >= 11 is 3.42. The summed E-state index contributed by atoms with van der Waals surface area (Å²) in [6.07, 6.45) is 0. The van der Waals surface area contributed by atoms with Crippen LogP contribution in [0.3, 0.4) is 0 Å². The van der Waals surface area contributed by atoms with Crippen molar-refractivity contribution in [2.75, 3.05) is 7.11 Å². The second-order valence-electron chi connectivity index (χ2n) is 8.55. The van der Waals surface area contributed by atoms with Gasteiger partial charge in [-0.25, -0.2) is 9.59 Å². The van der Waals surface area contributed by atoms with Crippen molar-refractivity contribution in [1.82, 2.24) is 0 Å². The first-order chi connectivity index (χ1) is 18.5. The van der Waals surface area contributed by atoms with Gasteiger partial charge in [0.2, 0.25) is 0 Å². The quantitative estimate of drug-likeness (QED) is 0.120. The van der Waals surface area contributed by atoms with Crippen LogP contribution in [-0.2, 0) is 0 Å². The number of fused-ring (bicyclic) bond motifs is 2. The lowest BCUT2D eigenvalue weighted by Crippen LogP contribution is -2.10. The zero-order valence-electron chi connectivity index (χ0n) is 20.1. The highest BCUT2D eigenvalue weighted by Crippen LogP contribution is 2.40. The van der Waals surface area contributed by atoms with E-state index in [1.807, 2.05) is 54.6 Å². The molecule has 0 unspecified atom stereocenters. The van der Waals surface area contributed by atoms with Crippen molar-refractivity contribution in [1.29, 1.82) is 0 Å². The normalized spacial score (nSPS) is 11.1. The summed E-state index contributed by atoms with van der Waals surface area (Å²) in [6, 6.07) is 28.7. The molecular formula is C31H19BrO6. The molecule has 6 aromatic rings. The molecule has 0 aliphatic heterocycles. The molecule has 186 valence electrons. The molecule has 0 atom stereocenters. The van der Waals surface area contributed by atoms with Crippen LogP contribution in [0, 0.1) is 0 Å². The van der Waals surface area contributed by atoms with Crippen LogP contribution in [0.15, 0.2) is 115 Å². The van der Waals surface area contributed by atoms with Crippen LogP contribution < -0.4 is 15.1 Å². The van der Waals surface area contributed by atoms with Gasteiger partial charge >= 0.3 is 11.6 Å². The van der Waals surface area contributed by atoms with Gasteiger partial charge in [-0.1, -0.05) is 54.6 Å². The van der Waals surface area contributed by atoms with Crippen LogP contribution in [0.1, 0.15) is 10.4 Å². The van der Waals surface area contributed by atoms with Crippen molar-refractivity contribution in [3.05, 3.63) is 118 Å². The molecule has 0 fully saturated rings. The molecule has 7 heteroatoms. The van der Waals surface area contributed by atoms with E-state index in [0.717, 1.165) is 10.9 Å². The number of rotatable bonds is 5. The van der Waals surface area contributed by atoms with Crippen LogP contribution in [0.4, 0.5) is 0 Å². The first-order valence-corrected chi connectivity index (χ1v) is 12.5. The number of halogens is 1. The lowest BCUT2D eigenvalue weighted by atomic mass is 10.00.